The van der Waals surface area contributed by atoms with Gasteiger partial charge in [-0.25, -0.2) is 0 Å². The van der Waals surface area contributed by atoms with Crippen LogP contribution < -0.4 is 11.1 Å². The fourth-order valence-corrected chi connectivity index (χ4v) is 1.15. The monoisotopic (exact) mass is 164 g/mol. The largest absolute Gasteiger partial charge is 0.399 e. The molecule has 0 fully saturated rings. The van der Waals surface area contributed by atoms with Gasteiger partial charge < -0.3 is 11.1 Å². The maximum Gasteiger partial charge on any atom is 0.0314 e. The number of nitrogens with two attached hydrogens (primary N) is 1. The average molecular weight is 164 g/mol. The van der Waals surface area contributed by atoms with Gasteiger partial charge in [-0.15, -0.1) is 0 Å². The molecule has 0 radical (unpaired) electrons. The van der Waals surface area contributed by atoms with Crippen molar-refractivity contribution >= 4 is 5.69 Å². The molecule has 0 aliphatic rings. The lowest BCUT2D eigenvalue weighted by Gasteiger charge is -2.00. The van der Waals surface area contributed by atoms with Crippen LogP contribution in [-0.2, 0) is 6.42 Å². The number of hydrogen-bond donors (Lipinski definition) is 2. The first kappa shape index (κ1) is 9.07. The standard InChI is InChI=1S/C10H16N2/c1-12-8-2-3-9-4-6-10(11)7-5-9/h4-7,12H,2-3,8,11H2,1H3. The number of nitrogens with one attached hydrogen (secondary N) is 1. The van der Waals surface area contributed by atoms with Gasteiger partial charge in [0.15, 0.2) is 0 Å². The third kappa shape index (κ3) is 2.93. The lowest BCUT2D eigenvalue weighted by atomic mass is 10.1. The van der Waals surface area contributed by atoms with Gasteiger partial charge in [-0.2, -0.15) is 0 Å². The molecule has 1 aromatic rings. The van der Waals surface area contributed by atoms with E-state index in [1.165, 1.54) is 12.0 Å². The van der Waals surface area contributed by atoms with Crippen LogP contribution in [-0.4, -0.2) is 13.6 Å². The van der Waals surface area contributed by atoms with Crippen LogP contribution >= 0.6 is 0 Å². The van der Waals surface area contributed by atoms with E-state index in [0.29, 0.717) is 0 Å². The second kappa shape index (κ2) is 4.78. The first-order valence-corrected chi connectivity index (χ1v) is 4.32. The van der Waals surface area contributed by atoms with Crippen molar-refractivity contribution in [2.75, 3.05) is 19.3 Å². The molecule has 0 atom stereocenters. The summed E-state index contributed by atoms with van der Waals surface area (Å²) in [5.74, 6) is 0. The van der Waals surface area contributed by atoms with Crippen LogP contribution in [0.25, 0.3) is 0 Å². The predicted molar refractivity (Wildman–Crippen MR) is 53.1 cm³/mol. The van der Waals surface area contributed by atoms with E-state index in [1.807, 2.05) is 19.2 Å². The highest BCUT2D eigenvalue weighted by Crippen LogP contribution is 2.06. The molecule has 0 saturated carbocycles. The summed E-state index contributed by atoms with van der Waals surface area (Å²) >= 11 is 0. The molecule has 12 heavy (non-hydrogen) atoms. The van der Waals surface area contributed by atoms with E-state index in [9.17, 15) is 0 Å². The summed E-state index contributed by atoms with van der Waals surface area (Å²) in [6.45, 7) is 1.07. The Kier molecular flexibility index (Phi) is 3.61. The van der Waals surface area contributed by atoms with Crippen LogP contribution in [0.1, 0.15) is 12.0 Å². The Hall–Kier alpha value is -1.02. The van der Waals surface area contributed by atoms with Gasteiger partial charge in [-0.05, 0) is 44.1 Å². The van der Waals surface area contributed by atoms with Crippen molar-refractivity contribution in [3.8, 4) is 0 Å². The first-order valence-electron chi connectivity index (χ1n) is 4.32. The summed E-state index contributed by atoms with van der Waals surface area (Å²) in [5.41, 5.74) is 7.77. The molecule has 0 amide bonds. The van der Waals surface area contributed by atoms with E-state index in [-0.39, 0.29) is 0 Å². The van der Waals surface area contributed by atoms with Gasteiger partial charge in [-0.3, -0.25) is 0 Å². The molecule has 0 spiro atoms. The molecule has 0 saturated heterocycles. The van der Waals surface area contributed by atoms with Gasteiger partial charge in [0.1, 0.15) is 0 Å². The minimum absolute atomic E-state index is 0.840. The molecule has 0 heterocycles. The minimum Gasteiger partial charge on any atom is -0.399 e. The van der Waals surface area contributed by atoms with Crippen LogP contribution in [0.2, 0.25) is 0 Å². The van der Waals surface area contributed by atoms with Crippen molar-refractivity contribution in [1.82, 2.24) is 5.32 Å². The normalized spacial score (nSPS) is 10.1. The van der Waals surface area contributed by atoms with E-state index in [1.54, 1.807) is 0 Å². The van der Waals surface area contributed by atoms with E-state index in [0.717, 1.165) is 18.7 Å². The summed E-state index contributed by atoms with van der Waals surface area (Å²) in [4.78, 5) is 0. The van der Waals surface area contributed by atoms with Crippen LogP contribution in [0.4, 0.5) is 5.69 Å². The molecule has 0 aliphatic carbocycles. The van der Waals surface area contributed by atoms with Gasteiger partial charge in [-0.1, -0.05) is 12.1 Å². The van der Waals surface area contributed by atoms with Crippen molar-refractivity contribution in [2.24, 2.45) is 0 Å². The first-order chi connectivity index (χ1) is 5.83. The van der Waals surface area contributed by atoms with Crippen LogP contribution in [0.15, 0.2) is 24.3 Å². The molecule has 0 aliphatic heterocycles. The highest BCUT2D eigenvalue weighted by molar-refractivity contribution is 5.39. The zero-order valence-corrected chi connectivity index (χ0v) is 7.51. The second-order valence-corrected chi connectivity index (χ2v) is 2.95. The number of benzene rings is 1. The van der Waals surface area contributed by atoms with Crippen LogP contribution in [0, 0.1) is 0 Å². The van der Waals surface area contributed by atoms with Gasteiger partial charge in [0.05, 0.1) is 0 Å². The van der Waals surface area contributed by atoms with E-state index in [4.69, 9.17) is 5.73 Å². The van der Waals surface area contributed by atoms with Crippen molar-refractivity contribution in [2.45, 2.75) is 12.8 Å². The molecule has 0 aromatic heterocycles. The molecule has 0 bridgehead atoms. The molecule has 66 valence electrons. The Morgan fingerprint density at radius 1 is 1.25 bits per heavy atom. The Morgan fingerprint density at radius 2 is 1.92 bits per heavy atom. The number of nitrogen functional groups attached to an aromatic ring is 1. The van der Waals surface area contributed by atoms with Crippen molar-refractivity contribution in [1.29, 1.82) is 0 Å². The number of hydrogen-bond acceptors (Lipinski definition) is 2. The molecule has 1 rings (SSSR count). The summed E-state index contributed by atoms with van der Waals surface area (Å²) in [6, 6.07) is 8.08. The molecular weight excluding hydrogens is 148 g/mol. The van der Waals surface area contributed by atoms with Crippen molar-refractivity contribution in [3.63, 3.8) is 0 Å². The van der Waals surface area contributed by atoms with E-state index < -0.39 is 0 Å². The van der Waals surface area contributed by atoms with E-state index in [2.05, 4.69) is 17.4 Å². The quantitative estimate of drug-likeness (QED) is 0.521. The predicted octanol–water partition coefficient (Wildman–Crippen LogP) is 1.42. The van der Waals surface area contributed by atoms with Crippen LogP contribution in [0.3, 0.4) is 0 Å². The number of aryl methyl sites for hydroxylation is 1. The van der Waals surface area contributed by atoms with Gasteiger partial charge >= 0.3 is 0 Å². The van der Waals surface area contributed by atoms with E-state index >= 15 is 0 Å². The molecule has 0 unspecified atom stereocenters. The Balaban J connectivity index is 2.37. The Bertz CT molecular complexity index is 216. The molecule has 2 heteroatoms. The maximum atomic E-state index is 5.57. The summed E-state index contributed by atoms with van der Waals surface area (Å²) in [5, 5.41) is 3.12. The summed E-state index contributed by atoms with van der Waals surface area (Å²) < 4.78 is 0. The lowest BCUT2D eigenvalue weighted by molar-refractivity contribution is 0.725. The average Bonchev–Trinajstić information content (AvgIpc) is 2.09. The lowest BCUT2D eigenvalue weighted by Crippen LogP contribution is -2.08. The third-order valence-electron chi connectivity index (χ3n) is 1.87. The Labute approximate surface area is 73.8 Å². The van der Waals surface area contributed by atoms with Gasteiger partial charge in [0.25, 0.3) is 0 Å². The molecule has 3 N–H and O–H groups in total. The fourth-order valence-electron chi connectivity index (χ4n) is 1.15. The van der Waals surface area contributed by atoms with Crippen molar-refractivity contribution < 1.29 is 0 Å². The third-order valence-corrected chi connectivity index (χ3v) is 1.87. The maximum absolute atomic E-state index is 5.57. The smallest absolute Gasteiger partial charge is 0.0314 e. The fraction of sp³-hybridized carbons (Fsp3) is 0.400. The summed E-state index contributed by atoms with van der Waals surface area (Å²) in [6.07, 6.45) is 2.31. The highest BCUT2D eigenvalue weighted by Gasteiger charge is 1.91. The number of rotatable bonds is 4. The van der Waals surface area contributed by atoms with Crippen molar-refractivity contribution in [3.05, 3.63) is 29.8 Å². The van der Waals surface area contributed by atoms with Crippen LogP contribution in [0.5, 0.6) is 0 Å². The second-order valence-electron chi connectivity index (χ2n) is 2.95. The van der Waals surface area contributed by atoms with Gasteiger partial charge in [0.2, 0.25) is 0 Å². The number of anilines is 1. The topological polar surface area (TPSA) is 38.0 Å². The zero-order valence-electron chi connectivity index (χ0n) is 7.51. The SMILES string of the molecule is CNCCCc1ccc(N)cc1. The zero-order chi connectivity index (χ0) is 8.81. The van der Waals surface area contributed by atoms with Gasteiger partial charge in [0, 0.05) is 5.69 Å². The molecule has 1 aromatic carbocycles. The minimum atomic E-state index is 0.840. The molecule has 2 nitrogen and oxygen atoms in total. The Morgan fingerprint density at radius 3 is 2.50 bits per heavy atom. The molecular formula is C10H16N2. The highest BCUT2D eigenvalue weighted by atomic mass is 14.8. The summed E-state index contributed by atoms with van der Waals surface area (Å²) in [7, 11) is 1.98.